The Balaban J connectivity index is 1.85. The van der Waals surface area contributed by atoms with Crippen LogP contribution in [0.15, 0.2) is 41.6 Å². The molecule has 21 heavy (non-hydrogen) atoms. The third-order valence-corrected chi connectivity index (χ3v) is 3.19. The van der Waals surface area contributed by atoms with E-state index in [9.17, 15) is 9.59 Å². The lowest BCUT2D eigenvalue weighted by Crippen LogP contribution is -2.32. The molecule has 0 fully saturated rings. The zero-order valence-corrected chi connectivity index (χ0v) is 12.3. The van der Waals surface area contributed by atoms with Crippen molar-refractivity contribution in [3.8, 4) is 0 Å². The SMILES string of the molecule is Cc1cccc(CC(=O)NCCn2cncc(C)c2=O)c1. The van der Waals surface area contributed by atoms with Crippen molar-refractivity contribution in [1.29, 1.82) is 0 Å². The van der Waals surface area contributed by atoms with E-state index >= 15 is 0 Å². The Morgan fingerprint density at radius 1 is 1.33 bits per heavy atom. The smallest absolute Gasteiger partial charge is 0.256 e. The molecule has 0 spiro atoms. The van der Waals surface area contributed by atoms with Crippen molar-refractivity contribution < 1.29 is 4.79 Å². The summed E-state index contributed by atoms with van der Waals surface area (Å²) in [7, 11) is 0. The molecule has 0 bridgehead atoms. The molecule has 2 rings (SSSR count). The second-order valence-electron chi connectivity index (χ2n) is 5.09. The number of carbonyl (C=O) groups is 1. The minimum absolute atomic E-state index is 0.0470. The molecule has 0 aliphatic heterocycles. The number of hydrogen-bond acceptors (Lipinski definition) is 3. The van der Waals surface area contributed by atoms with E-state index in [-0.39, 0.29) is 11.5 Å². The van der Waals surface area contributed by atoms with E-state index in [2.05, 4.69) is 10.3 Å². The number of hydrogen-bond donors (Lipinski definition) is 1. The van der Waals surface area contributed by atoms with Crippen LogP contribution in [0.1, 0.15) is 16.7 Å². The van der Waals surface area contributed by atoms with Crippen molar-refractivity contribution >= 4 is 5.91 Å². The first kappa shape index (κ1) is 15.0. The van der Waals surface area contributed by atoms with Crippen LogP contribution in [0.3, 0.4) is 0 Å². The highest BCUT2D eigenvalue weighted by atomic mass is 16.1. The molecule has 0 unspecified atom stereocenters. The maximum absolute atomic E-state index is 11.9. The molecule has 2 aromatic rings. The number of carbonyl (C=O) groups excluding carboxylic acids is 1. The topological polar surface area (TPSA) is 64.0 Å². The number of nitrogens with zero attached hydrogens (tertiary/aromatic N) is 2. The molecule has 110 valence electrons. The Morgan fingerprint density at radius 2 is 2.14 bits per heavy atom. The molecule has 0 aliphatic rings. The number of amides is 1. The largest absolute Gasteiger partial charge is 0.354 e. The van der Waals surface area contributed by atoms with Crippen LogP contribution < -0.4 is 10.9 Å². The van der Waals surface area contributed by atoms with Gasteiger partial charge in [-0.2, -0.15) is 0 Å². The Kier molecular flexibility index (Phi) is 4.87. The Bertz CT molecular complexity index is 692. The predicted octanol–water partition coefficient (Wildman–Crippen LogP) is 1.22. The van der Waals surface area contributed by atoms with Gasteiger partial charge in [0.25, 0.3) is 5.56 Å². The summed E-state index contributed by atoms with van der Waals surface area (Å²) >= 11 is 0. The van der Waals surface area contributed by atoms with Crippen LogP contribution in [0, 0.1) is 13.8 Å². The molecular weight excluding hydrogens is 266 g/mol. The van der Waals surface area contributed by atoms with Crippen LogP contribution in [-0.4, -0.2) is 22.0 Å². The normalized spacial score (nSPS) is 10.4. The molecule has 0 saturated carbocycles. The first-order chi connectivity index (χ1) is 10.1. The third-order valence-electron chi connectivity index (χ3n) is 3.19. The molecule has 0 atom stereocenters. The molecule has 5 nitrogen and oxygen atoms in total. The monoisotopic (exact) mass is 285 g/mol. The van der Waals surface area contributed by atoms with E-state index in [1.165, 1.54) is 17.1 Å². The fraction of sp³-hybridized carbons (Fsp3) is 0.312. The number of aryl methyl sites for hydroxylation is 2. The van der Waals surface area contributed by atoms with Gasteiger partial charge in [0.1, 0.15) is 0 Å². The van der Waals surface area contributed by atoms with E-state index in [0.29, 0.717) is 25.1 Å². The van der Waals surface area contributed by atoms with Crippen LogP contribution in [0.5, 0.6) is 0 Å². The number of benzene rings is 1. The number of nitrogens with one attached hydrogen (secondary N) is 1. The molecule has 0 aliphatic carbocycles. The lowest BCUT2D eigenvalue weighted by atomic mass is 10.1. The summed E-state index contributed by atoms with van der Waals surface area (Å²) in [6.07, 6.45) is 3.37. The van der Waals surface area contributed by atoms with Gasteiger partial charge in [0.05, 0.1) is 12.7 Å². The van der Waals surface area contributed by atoms with Gasteiger partial charge in [-0.25, -0.2) is 4.98 Å². The zero-order chi connectivity index (χ0) is 15.2. The second kappa shape index (κ2) is 6.83. The fourth-order valence-electron chi connectivity index (χ4n) is 2.10. The van der Waals surface area contributed by atoms with E-state index in [1.54, 1.807) is 6.92 Å². The molecule has 1 amide bonds. The summed E-state index contributed by atoms with van der Waals surface area (Å²) in [5.41, 5.74) is 2.65. The fourth-order valence-corrected chi connectivity index (χ4v) is 2.10. The summed E-state index contributed by atoms with van der Waals surface area (Å²) in [4.78, 5) is 27.6. The van der Waals surface area contributed by atoms with Gasteiger partial charge in [0, 0.05) is 24.8 Å². The first-order valence-corrected chi connectivity index (χ1v) is 6.89. The molecule has 0 radical (unpaired) electrons. The van der Waals surface area contributed by atoms with Crippen molar-refractivity contribution in [3.05, 3.63) is 63.8 Å². The Morgan fingerprint density at radius 3 is 2.90 bits per heavy atom. The van der Waals surface area contributed by atoms with Gasteiger partial charge in [0.15, 0.2) is 0 Å². The zero-order valence-electron chi connectivity index (χ0n) is 12.3. The minimum atomic E-state index is -0.0714. The average molecular weight is 285 g/mol. The summed E-state index contributed by atoms with van der Waals surface area (Å²) in [5, 5.41) is 2.82. The lowest BCUT2D eigenvalue weighted by molar-refractivity contribution is -0.120. The van der Waals surface area contributed by atoms with Crippen LogP contribution in [0.4, 0.5) is 0 Å². The summed E-state index contributed by atoms with van der Waals surface area (Å²) in [6.45, 7) is 4.56. The summed E-state index contributed by atoms with van der Waals surface area (Å²) in [6, 6.07) is 7.87. The summed E-state index contributed by atoms with van der Waals surface area (Å²) < 4.78 is 1.50. The molecule has 1 N–H and O–H groups in total. The Labute approximate surface area is 123 Å². The van der Waals surface area contributed by atoms with Crippen molar-refractivity contribution in [1.82, 2.24) is 14.9 Å². The van der Waals surface area contributed by atoms with Crippen LogP contribution in [0.2, 0.25) is 0 Å². The van der Waals surface area contributed by atoms with E-state index < -0.39 is 0 Å². The van der Waals surface area contributed by atoms with Crippen molar-refractivity contribution in [2.75, 3.05) is 6.54 Å². The maximum atomic E-state index is 11.9. The van der Waals surface area contributed by atoms with Gasteiger partial charge in [-0.1, -0.05) is 29.8 Å². The lowest BCUT2D eigenvalue weighted by Gasteiger charge is -2.08. The van der Waals surface area contributed by atoms with Crippen LogP contribution in [-0.2, 0) is 17.8 Å². The van der Waals surface area contributed by atoms with Gasteiger partial charge in [-0.15, -0.1) is 0 Å². The van der Waals surface area contributed by atoms with Gasteiger partial charge >= 0.3 is 0 Å². The molecule has 0 saturated heterocycles. The van der Waals surface area contributed by atoms with Crippen LogP contribution in [0.25, 0.3) is 0 Å². The highest BCUT2D eigenvalue weighted by Crippen LogP contribution is 2.04. The summed E-state index contributed by atoms with van der Waals surface area (Å²) in [5.74, 6) is -0.0470. The average Bonchev–Trinajstić information content (AvgIpc) is 2.43. The van der Waals surface area contributed by atoms with Gasteiger partial charge in [0.2, 0.25) is 5.91 Å². The molecule has 5 heteroatoms. The van der Waals surface area contributed by atoms with Crippen molar-refractivity contribution in [2.45, 2.75) is 26.8 Å². The Hall–Kier alpha value is -2.43. The number of rotatable bonds is 5. The second-order valence-corrected chi connectivity index (χ2v) is 5.09. The van der Waals surface area contributed by atoms with Crippen molar-refractivity contribution in [3.63, 3.8) is 0 Å². The van der Waals surface area contributed by atoms with Gasteiger partial charge < -0.3 is 5.32 Å². The highest BCUT2D eigenvalue weighted by molar-refractivity contribution is 5.78. The van der Waals surface area contributed by atoms with Crippen molar-refractivity contribution in [2.24, 2.45) is 0 Å². The highest BCUT2D eigenvalue weighted by Gasteiger charge is 2.04. The molecule has 1 aromatic carbocycles. The number of aromatic nitrogens is 2. The van der Waals surface area contributed by atoms with Gasteiger partial charge in [-0.05, 0) is 19.4 Å². The van der Waals surface area contributed by atoms with E-state index in [4.69, 9.17) is 0 Å². The third kappa shape index (κ3) is 4.27. The molecule has 1 aromatic heterocycles. The van der Waals surface area contributed by atoms with Gasteiger partial charge in [-0.3, -0.25) is 14.2 Å². The molecule has 1 heterocycles. The quantitative estimate of drug-likeness (QED) is 0.898. The maximum Gasteiger partial charge on any atom is 0.256 e. The minimum Gasteiger partial charge on any atom is -0.354 e. The first-order valence-electron chi connectivity index (χ1n) is 6.89. The van der Waals surface area contributed by atoms with Crippen LogP contribution >= 0.6 is 0 Å². The van der Waals surface area contributed by atoms with E-state index in [1.807, 2.05) is 31.2 Å². The molecular formula is C16H19N3O2. The predicted molar refractivity (Wildman–Crippen MR) is 81.1 cm³/mol. The standard InChI is InChI=1S/C16H19N3O2/c1-12-4-3-5-14(8-12)9-15(20)18-6-7-19-11-17-10-13(2)16(19)21/h3-5,8,10-11H,6-7,9H2,1-2H3,(H,18,20). The van der Waals surface area contributed by atoms with E-state index in [0.717, 1.165) is 11.1 Å².